The molecule has 1 heterocycles. The van der Waals surface area contributed by atoms with Gasteiger partial charge in [-0.3, -0.25) is 0 Å². The van der Waals surface area contributed by atoms with Gasteiger partial charge in [-0.1, -0.05) is 11.6 Å². The molecule has 0 bridgehead atoms. The number of hydrogen-bond donors (Lipinski definition) is 0. The van der Waals surface area contributed by atoms with Crippen LogP contribution in [-0.4, -0.2) is 18.1 Å². The fourth-order valence-corrected chi connectivity index (χ4v) is 1.06. The van der Waals surface area contributed by atoms with E-state index < -0.39 is 18.0 Å². The van der Waals surface area contributed by atoms with E-state index in [9.17, 15) is 13.6 Å². The normalized spacial score (nSPS) is 10.4. The first-order valence-electron chi connectivity index (χ1n) is 3.59. The number of rotatable bonds is 2. The van der Waals surface area contributed by atoms with Crippen LogP contribution in [0, 0.1) is 0 Å². The zero-order chi connectivity index (χ0) is 10.7. The summed E-state index contributed by atoms with van der Waals surface area (Å²) < 4.78 is 28.7. The standard InChI is InChI=1S/C8H6ClF2NO2/c1-14-8(13)5-3-2-4(7(10)11)6(9)12-5/h2-3,7H,1H3. The number of ether oxygens (including phenoxy) is 1. The van der Waals surface area contributed by atoms with Crippen molar-refractivity contribution in [3.8, 4) is 0 Å². The maximum absolute atomic E-state index is 12.2. The number of aromatic nitrogens is 1. The Labute approximate surface area is 83.7 Å². The predicted molar refractivity (Wildman–Crippen MR) is 45.5 cm³/mol. The monoisotopic (exact) mass is 221 g/mol. The highest BCUT2D eigenvalue weighted by atomic mass is 35.5. The summed E-state index contributed by atoms with van der Waals surface area (Å²) in [6.07, 6.45) is -2.71. The smallest absolute Gasteiger partial charge is 0.356 e. The SMILES string of the molecule is COC(=O)c1ccc(C(F)F)c(Cl)n1. The van der Waals surface area contributed by atoms with Crippen LogP contribution >= 0.6 is 11.6 Å². The Morgan fingerprint density at radius 3 is 2.64 bits per heavy atom. The number of esters is 1. The molecule has 76 valence electrons. The molecule has 1 rings (SSSR count). The van der Waals surface area contributed by atoms with E-state index in [4.69, 9.17) is 11.6 Å². The number of halogens is 3. The van der Waals surface area contributed by atoms with Crippen LogP contribution in [-0.2, 0) is 4.74 Å². The summed E-state index contributed by atoms with van der Waals surface area (Å²) >= 11 is 5.43. The number of methoxy groups -OCH3 is 1. The molecular weight excluding hydrogens is 216 g/mol. The van der Waals surface area contributed by atoms with Gasteiger partial charge in [0.15, 0.2) is 0 Å². The minimum absolute atomic E-state index is 0.0955. The number of pyridine rings is 1. The molecule has 6 heteroatoms. The van der Waals surface area contributed by atoms with Crippen molar-refractivity contribution in [1.29, 1.82) is 0 Å². The molecule has 0 aliphatic heterocycles. The molecule has 0 radical (unpaired) electrons. The first-order chi connectivity index (χ1) is 6.56. The molecule has 0 saturated heterocycles. The van der Waals surface area contributed by atoms with Crippen molar-refractivity contribution in [3.63, 3.8) is 0 Å². The summed E-state index contributed by atoms with van der Waals surface area (Å²) in [5, 5.41) is -0.386. The topological polar surface area (TPSA) is 39.2 Å². The zero-order valence-corrected chi connectivity index (χ0v) is 7.89. The van der Waals surface area contributed by atoms with Crippen LogP contribution in [0.1, 0.15) is 22.5 Å². The van der Waals surface area contributed by atoms with E-state index in [1.807, 2.05) is 0 Å². The molecule has 14 heavy (non-hydrogen) atoms. The highest BCUT2D eigenvalue weighted by Crippen LogP contribution is 2.25. The highest BCUT2D eigenvalue weighted by molar-refractivity contribution is 6.30. The van der Waals surface area contributed by atoms with Crippen LogP contribution in [0.15, 0.2) is 12.1 Å². The second-order valence-electron chi connectivity index (χ2n) is 2.37. The molecule has 0 fully saturated rings. The number of hydrogen-bond acceptors (Lipinski definition) is 3. The zero-order valence-electron chi connectivity index (χ0n) is 7.13. The lowest BCUT2D eigenvalue weighted by Gasteiger charge is -2.03. The molecular formula is C8H6ClF2NO2. The van der Waals surface area contributed by atoms with E-state index in [1.165, 1.54) is 7.11 Å². The van der Waals surface area contributed by atoms with E-state index in [1.54, 1.807) is 0 Å². The third-order valence-corrected chi connectivity index (χ3v) is 1.81. The fraction of sp³-hybridized carbons (Fsp3) is 0.250. The summed E-state index contributed by atoms with van der Waals surface area (Å²) in [6.45, 7) is 0. The molecule has 0 unspecified atom stereocenters. The van der Waals surface area contributed by atoms with Gasteiger partial charge in [-0.25, -0.2) is 18.6 Å². The fourth-order valence-electron chi connectivity index (χ4n) is 0.826. The van der Waals surface area contributed by atoms with Crippen LogP contribution in [0.3, 0.4) is 0 Å². The van der Waals surface area contributed by atoms with Gasteiger partial charge >= 0.3 is 5.97 Å². The van der Waals surface area contributed by atoms with Crippen LogP contribution in [0.2, 0.25) is 5.15 Å². The Kier molecular flexibility index (Phi) is 3.35. The van der Waals surface area contributed by atoms with Gasteiger partial charge in [0.25, 0.3) is 6.43 Å². The van der Waals surface area contributed by atoms with Gasteiger partial charge in [-0.05, 0) is 12.1 Å². The number of nitrogens with zero attached hydrogens (tertiary/aromatic N) is 1. The lowest BCUT2D eigenvalue weighted by molar-refractivity contribution is 0.0593. The Balaban J connectivity index is 3.06. The molecule has 0 spiro atoms. The van der Waals surface area contributed by atoms with Crippen molar-refractivity contribution in [3.05, 3.63) is 28.5 Å². The van der Waals surface area contributed by atoms with Crippen molar-refractivity contribution >= 4 is 17.6 Å². The minimum Gasteiger partial charge on any atom is -0.464 e. The predicted octanol–water partition coefficient (Wildman–Crippen LogP) is 2.46. The first kappa shape index (κ1) is 10.8. The maximum atomic E-state index is 12.2. The van der Waals surface area contributed by atoms with E-state index in [-0.39, 0.29) is 10.8 Å². The van der Waals surface area contributed by atoms with Gasteiger partial charge in [-0.2, -0.15) is 0 Å². The van der Waals surface area contributed by atoms with Gasteiger partial charge in [0.2, 0.25) is 0 Å². The summed E-state index contributed by atoms with van der Waals surface area (Å²) in [5.41, 5.74) is -0.499. The summed E-state index contributed by atoms with van der Waals surface area (Å²) in [4.78, 5) is 14.4. The van der Waals surface area contributed by atoms with Crippen LogP contribution in [0.25, 0.3) is 0 Å². The molecule has 0 aliphatic rings. The summed E-state index contributed by atoms with van der Waals surface area (Å²) in [5.74, 6) is -0.715. The number of alkyl halides is 2. The van der Waals surface area contributed by atoms with Gasteiger partial charge < -0.3 is 4.74 Å². The molecule has 0 aromatic carbocycles. The van der Waals surface area contributed by atoms with E-state index in [0.717, 1.165) is 12.1 Å². The average molecular weight is 222 g/mol. The number of carbonyl (C=O) groups is 1. The summed E-state index contributed by atoms with van der Waals surface area (Å²) in [6, 6.07) is 2.19. The van der Waals surface area contributed by atoms with Crippen LogP contribution in [0.4, 0.5) is 8.78 Å². The van der Waals surface area contributed by atoms with Crippen LogP contribution in [0.5, 0.6) is 0 Å². The largest absolute Gasteiger partial charge is 0.464 e. The quantitative estimate of drug-likeness (QED) is 0.569. The van der Waals surface area contributed by atoms with Crippen molar-refractivity contribution < 1.29 is 18.3 Å². The third-order valence-electron chi connectivity index (χ3n) is 1.51. The molecule has 0 aliphatic carbocycles. The van der Waals surface area contributed by atoms with E-state index in [0.29, 0.717) is 0 Å². The number of carbonyl (C=O) groups excluding carboxylic acids is 1. The Hall–Kier alpha value is -1.23. The minimum atomic E-state index is -2.71. The van der Waals surface area contributed by atoms with Gasteiger partial charge in [-0.15, -0.1) is 0 Å². The molecule has 1 aromatic rings. The molecule has 0 saturated carbocycles. The molecule has 3 nitrogen and oxygen atoms in total. The molecule has 0 atom stereocenters. The van der Waals surface area contributed by atoms with Gasteiger partial charge in [0.05, 0.1) is 12.7 Å². The van der Waals surface area contributed by atoms with Gasteiger partial charge in [0.1, 0.15) is 10.8 Å². The van der Waals surface area contributed by atoms with Crippen molar-refractivity contribution in [2.24, 2.45) is 0 Å². The highest BCUT2D eigenvalue weighted by Gasteiger charge is 2.16. The molecule has 1 aromatic heterocycles. The second-order valence-corrected chi connectivity index (χ2v) is 2.73. The molecule has 0 amide bonds. The Morgan fingerprint density at radius 1 is 1.57 bits per heavy atom. The average Bonchev–Trinajstić information content (AvgIpc) is 2.15. The van der Waals surface area contributed by atoms with E-state index in [2.05, 4.69) is 9.72 Å². The van der Waals surface area contributed by atoms with Crippen LogP contribution < -0.4 is 0 Å². The Morgan fingerprint density at radius 2 is 2.21 bits per heavy atom. The maximum Gasteiger partial charge on any atom is 0.356 e. The van der Waals surface area contributed by atoms with Crippen molar-refractivity contribution in [1.82, 2.24) is 4.98 Å². The van der Waals surface area contributed by atoms with Gasteiger partial charge in [0, 0.05) is 0 Å². The molecule has 0 N–H and O–H groups in total. The Bertz CT molecular complexity index is 357. The first-order valence-corrected chi connectivity index (χ1v) is 3.97. The third kappa shape index (κ3) is 2.17. The lowest BCUT2D eigenvalue weighted by Crippen LogP contribution is -2.05. The van der Waals surface area contributed by atoms with Crippen molar-refractivity contribution in [2.75, 3.05) is 7.11 Å². The lowest BCUT2D eigenvalue weighted by atomic mass is 10.2. The summed E-state index contributed by atoms with van der Waals surface area (Å²) in [7, 11) is 1.17. The van der Waals surface area contributed by atoms with Crippen molar-refractivity contribution in [2.45, 2.75) is 6.43 Å². The second kappa shape index (κ2) is 4.32. The van der Waals surface area contributed by atoms with E-state index >= 15 is 0 Å².